The standard InChI is InChI=1S/C16H19N3O3/c1-19-12-3-2-10(17)8-11(12)13-14(15(19)20)22-7-5-16(18-13)4-6-21-9-16/h2-3,8,18H,4-7,9,17H2,1H3. The summed E-state index contributed by atoms with van der Waals surface area (Å²) in [4.78, 5) is 12.6. The second-order valence-electron chi connectivity index (χ2n) is 6.15. The van der Waals surface area contributed by atoms with Crippen LogP contribution in [-0.2, 0) is 11.8 Å². The maximum atomic E-state index is 12.6. The molecule has 0 radical (unpaired) electrons. The second-order valence-corrected chi connectivity index (χ2v) is 6.15. The van der Waals surface area contributed by atoms with E-state index in [1.165, 1.54) is 0 Å². The predicted octanol–water partition coefficient (Wildman–Crippen LogP) is 1.47. The van der Waals surface area contributed by atoms with Gasteiger partial charge in [0.1, 0.15) is 0 Å². The molecule has 1 fully saturated rings. The number of hydrogen-bond acceptors (Lipinski definition) is 5. The number of ether oxygens (including phenoxy) is 2. The summed E-state index contributed by atoms with van der Waals surface area (Å²) in [6, 6.07) is 5.57. The van der Waals surface area contributed by atoms with Crippen molar-refractivity contribution in [3.63, 3.8) is 0 Å². The van der Waals surface area contributed by atoms with Gasteiger partial charge in [-0.2, -0.15) is 0 Å². The Kier molecular flexibility index (Phi) is 2.84. The lowest BCUT2D eigenvalue weighted by Crippen LogP contribution is -2.39. The number of anilines is 2. The van der Waals surface area contributed by atoms with E-state index in [0.717, 1.165) is 36.0 Å². The third-order valence-corrected chi connectivity index (χ3v) is 4.70. The Morgan fingerprint density at radius 2 is 2.14 bits per heavy atom. The summed E-state index contributed by atoms with van der Waals surface area (Å²) >= 11 is 0. The predicted molar refractivity (Wildman–Crippen MR) is 85.5 cm³/mol. The third kappa shape index (κ3) is 1.87. The van der Waals surface area contributed by atoms with Gasteiger partial charge in [0.25, 0.3) is 5.56 Å². The Morgan fingerprint density at radius 3 is 2.91 bits per heavy atom. The maximum absolute atomic E-state index is 12.6. The Bertz CT molecular complexity index is 806. The molecule has 2 aliphatic rings. The first-order valence-corrected chi connectivity index (χ1v) is 7.51. The SMILES string of the molecule is Cn1c(=O)c2c(c3cc(N)ccc31)NC1(CCOC1)CCO2. The minimum atomic E-state index is -0.158. The van der Waals surface area contributed by atoms with E-state index in [9.17, 15) is 4.79 Å². The zero-order valence-electron chi connectivity index (χ0n) is 12.5. The van der Waals surface area contributed by atoms with Gasteiger partial charge in [0, 0.05) is 31.1 Å². The summed E-state index contributed by atoms with van der Waals surface area (Å²) < 4.78 is 13.0. The number of aromatic nitrogens is 1. The van der Waals surface area contributed by atoms with Gasteiger partial charge in [-0.25, -0.2) is 0 Å². The summed E-state index contributed by atoms with van der Waals surface area (Å²) in [5.74, 6) is 0.379. The van der Waals surface area contributed by atoms with E-state index in [0.29, 0.717) is 24.7 Å². The van der Waals surface area contributed by atoms with Crippen molar-refractivity contribution in [2.75, 3.05) is 30.9 Å². The lowest BCUT2D eigenvalue weighted by Gasteiger charge is -2.28. The quantitative estimate of drug-likeness (QED) is 0.721. The molecule has 0 bridgehead atoms. The maximum Gasteiger partial charge on any atom is 0.295 e. The average molecular weight is 301 g/mol. The number of nitrogen functional groups attached to an aromatic ring is 1. The van der Waals surface area contributed by atoms with E-state index < -0.39 is 0 Å². The molecule has 1 unspecified atom stereocenters. The van der Waals surface area contributed by atoms with E-state index >= 15 is 0 Å². The van der Waals surface area contributed by atoms with E-state index in [1.54, 1.807) is 17.7 Å². The van der Waals surface area contributed by atoms with Crippen LogP contribution >= 0.6 is 0 Å². The Balaban J connectivity index is 2.01. The zero-order valence-corrected chi connectivity index (χ0v) is 12.5. The van der Waals surface area contributed by atoms with Gasteiger partial charge in [-0.3, -0.25) is 4.79 Å². The van der Waals surface area contributed by atoms with Crippen molar-refractivity contribution in [2.45, 2.75) is 18.4 Å². The van der Waals surface area contributed by atoms with Crippen molar-refractivity contribution in [1.82, 2.24) is 4.57 Å². The molecule has 1 atom stereocenters. The number of pyridine rings is 1. The molecular formula is C16H19N3O3. The van der Waals surface area contributed by atoms with Crippen LogP contribution < -0.4 is 21.3 Å². The van der Waals surface area contributed by atoms with Crippen molar-refractivity contribution in [3.05, 3.63) is 28.6 Å². The minimum absolute atomic E-state index is 0.129. The largest absolute Gasteiger partial charge is 0.486 e. The van der Waals surface area contributed by atoms with Crippen LogP contribution in [0.4, 0.5) is 11.4 Å². The highest BCUT2D eigenvalue weighted by atomic mass is 16.5. The normalized spacial score (nSPS) is 23.9. The molecule has 1 aromatic heterocycles. The lowest BCUT2D eigenvalue weighted by atomic mass is 9.94. The van der Waals surface area contributed by atoms with Gasteiger partial charge >= 0.3 is 0 Å². The van der Waals surface area contributed by atoms with Crippen molar-refractivity contribution in [3.8, 4) is 5.75 Å². The molecule has 1 aromatic carbocycles. The number of fused-ring (bicyclic) bond motifs is 3. The van der Waals surface area contributed by atoms with Gasteiger partial charge < -0.3 is 25.1 Å². The van der Waals surface area contributed by atoms with Gasteiger partial charge in [-0.05, 0) is 24.6 Å². The summed E-state index contributed by atoms with van der Waals surface area (Å²) in [6.45, 7) is 1.87. The van der Waals surface area contributed by atoms with Gasteiger partial charge in [0.05, 0.1) is 30.0 Å². The number of aryl methyl sites for hydroxylation is 1. The molecule has 1 saturated heterocycles. The fourth-order valence-corrected chi connectivity index (χ4v) is 3.37. The molecule has 1 spiro atoms. The van der Waals surface area contributed by atoms with Gasteiger partial charge in [-0.15, -0.1) is 0 Å². The number of benzene rings is 1. The molecule has 3 heterocycles. The fraction of sp³-hybridized carbons (Fsp3) is 0.438. The van der Waals surface area contributed by atoms with Crippen LogP contribution in [0.15, 0.2) is 23.0 Å². The number of nitrogens with two attached hydrogens (primary N) is 1. The number of hydrogen-bond donors (Lipinski definition) is 2. The Labute approximate surface area is 127 Å². The zero-order chi connectivity index (χ0) is 15.3. The molecule has 6 nitrogen and oxygen atoms in total. The average Bonchev–Trinajstić information content (AvgIpc) is 2.86. The highest BCUT2D eigenvalue weighted by Gasteiger charge is 2.38. The number of nitrogens with zero attached hydrogens (tertiary/aromatic N) is 1. The van der Waals surface area contributed by atoms with E-state index in [4.69, 9.17) is 15.2 Å². The molecule has 3 N–H and O–H groups in total. The Hall–Kier alpha value is -2.21. The Morgan fingerprint density at radius 1 is 1.32 bits per heavy atom. The summed E-state index contributed by atoms with van der Waals surface area (Å²) in [5, 5.41) is 4.46. The topological polar surface area (TPSA) is 78.5 Å². The smallest absolute Gasteiger partial charge is 0.295 e. The lowest BCUT2D eigenvalue weighted by molar-refractivity contribution is 0.175. The molecule has 116 valence electrons. The van der Waals surface area contributed by atoms with E-state index in [2.05, 4.69) is 5.32 Å². The first-order valence-electron chi connectivity index (χ1n) is 7.51. The van der Waals surface area contributed by atoms with Crippen LogP contribution in [0.3, 0.4) is 0 Å². The monoisotopic (exact) mass is 301 g/mol. The summed E-state index contributed by atoms with van der Waals surface area (Å²) in [7, 11) is 1.75. The highest BCUT2D eigenvalue weighted by Crippen LogP contribution is 2.38. The van der Waals surface area contributed by atoms with Crippen LogP contribution in [0.2, 0.25) is 0 Å². The van der Waals surface area contributed by atoms with Crippen molar-refractivity contribution < 1.29 is 9.47 Å². The van der Waals surface area contributed by atoms with Gasteiger partial charge in [0.2, 0.25) is 5.75 Å². The van der Waals surface area contributed by atoms with Crippen LogP contribution in [0.5, 0.6) is 5.75 Å². The molecule has 6 heteroatoms. The van der Waals surface area contributed by atoms with Crippen LogP contribution in [0.25, 0.3) is 10.9 Å². The molecule has 2 aromatic rings. The molecule has 22 heavy (non-hydrogen) atoms. The van der Waals surface area contributed by atoms with Crippen LogP contribution in [0.1, 0.15) is 12.8 Å². The van der Waals surface area contributed by atoms with E-state index in [1.807, 2.05) is 12.1 Å². The van der Waals surface area contributed by atoms with Crippen LogP contribution in [0, 0.1) is 0 Å². The second kappa shape index (κ2) is 4.64. The minimum Gasteiger partial charge on any atom is -0.486 e. The highest BCUT2D eigenvalue weighted by molar-refractivity contribution is 5.96. The third-order valence-electron chi connectivity index (χ3n) is 4.70. The van der Waals surface area contributed by atoms with Crippen molar-refractivity contribution >= 4 is 22.3 Å². The molecule has 0 aliphatic carbocycles. The molecule has 0 saturated carbocycles. The fourth-order valence-electron chi connectivity index (χ4n) is 3.37. The van der Waals surface area contributed by atoms with Gasteiger partial charge in [0.15, 0.2) is 0 Å². The first kappa shape index (κ1) is 13.5. The number of rotatable bonds is 0. The van der Waals surface area contributed by atoms with Crippen LogP contribution in [-0.4, -0.2) is 29.9 Å². The van der Waals surface area contributed by atoms with Gasteiger partial charge in [-0.1, -0.05) is 0 Å². The number of nitrogens with one attached hydrogen (secondary N) is 1. The van der Waals surface area contributed by atoms with Crippen molar-refractivity contribution in [2.24, 2.45) is 7.05 Å². The molecular weight excluding hydrogens is 282 g/mol. The molecule has 2 aliphatic heterocycles. The first-order chi connectivity index (χ1) is 10.6. The summed E-state index contributed by atoms with van der Waals surface area (Å²) in [5.41, 5.74) is 7.91. The molecule has 0 amide bonds. The summed E-state index contributed by atoms with van der Waals surface area (Å²) in [6.07, 6.45) is 1.73. The molecule has 4 rings (SSSR count). The van der Waals surface area contributed by atoms with E-state index in [-0.39, 0.29) is 11.1 Å². The van der Waals surface area contributed by atoms with Crippen molar-refractivity contribution in [1.29, 1.82) is 0 Å².